The van der Waals surface area contributed by atoms with Crippen molar-refractivity contribution in [1.82, 2.24) is 4.57 Å². The fraction of sp³-hybridized carbons (Fsp3) is 0.0870. The highest BCUT2D eigenvalue weighted by Gasteiger charge is 2.18. The van der Waals surface area contributed by atoms with Gasteiger partial charge < -0.3 is 9.67 Å². The average molecular weight is 440 g/mol. The Hall–Kier alpha value is -3.09. The number of aromatic hydroxyl groups is 1. The first kappa shape index (κ1) is 20.2. The Balaban J connectivity index is 1.70. The van der Waals surface area contributed by atoms with Crippen LogP contribution < -0.4 is 5.56 Å². The van der Waals surface area contributed by atoms with Gasteiger partial charge in [-0.05, 0) is 54.1 Å². The summed E-state index contributed by atoms with van der Waals surface area (Å²) in [5.41, 5.74) is 1.34. The molecule has 0 bridgehead atoms. The van der Waals surface area contributed by atoms with Crippen molar-refractivity contribution in [2.45, 2.75) is 16.2 Å². The lowest BCUT2D eigenvalue weighted by Crippen LogP contribution is -2.21. The molecule has 0 aliphatic rings. The molecule has 1 N–H and O–H groups in total. The molecule has 0 saturated carbocycles. The third-order valence-electron chi connectivity index (χ3n) is 5.11. The zero-order chi connectivity index (χ0) is 21.5. The first-order chi connectivity index (χ1) is 14.3. The fourth-order valence-corrected chi connectivity index (χ4v) is 4.83. The van der Waals surface area contributed by atoms with Crippen LogP contribution in [0.4, 0.5) is 0 Å². The van der Waals surface area contributed by atoms with E-state index in [2.05, 4.69) is 0 Å². The van der Waals surface area contributed by atoms with Crippen molar-refractivity contribution in [2.75, 3.05) is 0 Å². The van der Waals surface area contributed by atoms with E-state index in [0.717, 1.165) is 0 Å². The Morgan fingerprint density at radius 1 is 0.900 bits per heavy atom. The van der Waals surface area contributed by atoms with Crippen molar-refractivity contribution < 1.29 is 13.5 Å². The van der Waals surface area contributed by atoms with Gasteiger partial charge in [-0.15, -0.1) is 0 Å². The number of sulfone groups is 1. The zero-order valence-corrected chi connectivity index (χ0v) is 17.6. The van der Waals surface area contributed by atoms with Gasteiger partial charge in [0.15, 0.2) is 0 Å². The molecule has 3 aromatic carbocycles. The molecule has 30 heavy (non-hydrogen) atoms. The molecule has 1 heterocycles. The molecule has 0 amide bonds. The molecule has 0 saturated heterocycles. The molecule has 0 aliphatic carbocycles. The molecule has 0 fully saturated rings. The molecule has 0 radical (unpaired) electrons. The van der Waals surface area contributed by atoms with E-state index in [1.807, 2.05) is 0 Å². The summed E-state index contributed by atoms with van der Waals surface area (Å²) in [6.45, 7) is 0. The van der Waals surface area contributed by atoms with Crippen molar-refractivity contribution in [3.63, 3.8) is 0 Å². The van der Waals surface area contributed by atoms with Crippen molar-refractivity contribution in [3.05, 3.63) is 99.3 Å². The van der Waals surface area contributed by atoms with Crippen LogP contribution >= 0.6 is 11.6 Å². The van der Waals surface area contributed by atoms with E-state index in [-0.39, 0.29) is 33.1 Å². The summed E-state index contributed by atoms with van der Waals surface area (Å²) in [5, 5.41) is 11.7. The van der Waals surface area contributed by atoms with Gasteiger partial charge in [-0.2, -0.15) is 0 Å². The summed E-state index contributed by atoms with van der Waals surface area (Å²) in [4.78, 5) is 13.0. The number of nitrogens with zero attached hydrogens (tertiary/aromatic N) is 1. The van der Waals surface area contributed by atoms with Crippen LogP contribution in [0.5, 0.6) is 5.75 Å². The monoisotopic (exact) mass is 439 g/mol. The third-order valence-corrected chi connectivity index (χ3v) is 7.15. The van der Waals surface area contributed by atoms with Gasteiger partial charge in [-0.25, -0.2) is 8.42 Å². The molecule has 4 rings (SSSR count). The van der Waals surface area contributed by atoms with Crippen molar-refractivity contribution >= 4 is 32.3 Å². The maximum atomic E-state index is 12.8. The highest BCUT2D eigenvalue weighted by Crippen LogP contribution is 2.28. The number of para-hydroxylation sites is 1. The van der Waals surface area contributed by atoms with Gasteiger partial charge >= 0.3 is 0 Å². The molecule has 4 aromatic rings. The molecule has 5 nitrogen and oxygen atoms in total. The molecule has 0 spiro atoms. The lowest BCUT2D eigenvalue weighted by atomic mass is 10.0. The van der Waals surface area contributed by atoms with Crippen molar-refractivity contribution in [3.8, 4) is 5.75 Å². The maximum Gasteiger partial charge on any atom is 0.258 e. The first-order valence-corrected chi connectivity index (χ1v) is 11.0. The SMILES string of the molecule is Cn1c(=O)c(Cc2ccc(S(=O)(=O)c3ccc(Cl)cc3)cc2)c(O)c2ccccc21. The Morgan fingerprint density at radius 3 is 2.10 bits per heavy atom. The minimum Gasteiger partial charge on any atom is -0.507 e. The Labute approximate surface area is 178 Å². The second kappa shape index (κ2) is 7.63. The third kappa shape index (κ3) is 3.49. The lowest BCUT2D eigenvalue weighted by molar-refractivity contribution is 0.473. The highest BCUT2D eigenvalue weighted by atomic mass is 35.5. The number of benzene rings is 3. The zero-order valence-electron chi connectivity index (χ0n) is 16.0. The van der Waals surface area contributed by atoms with Crippen LogP contribution in [0.3, 0.4) is 0 Å². The molecule has 1 aromatic heterocycles. The normalized spacial score (nSPS) is 11.7. The minimum absolute atomic E-state index is 0.0495. The Bertz CT molecular complexity index is 1410. The molecule has 0 aliphatic heterocycles. The van der Waals surface area contributed by atoms with Crippen molar-refractivity contribution in [2.24, 2.45) is 7.05 Å². The molecule has 0 unspecified atom stereocenters. The molecule has 0 atom stereocenters. The number of aromatic nitrogens is 1. The van der Waals surface area contributed by atoms with Crippen molar-refractivity contribution in [1.29, 1.82) is 0 Å². The van der Waals surface area contributed by atoms with Crippen LogP contribution in [0.1, 0.15) is 11.1 Å². The van der Waals surface area contributed by atoms with Gasteiger partial charge in [0.1, 0.15) is 5.75 Å². The first-order valence-electron chi connectivity index (χ1n) is 9.18. The number of halogens is 1. The van der Waals surface area contributed by atoms with E-state index < -0.39 is 9.84 Å². The number of aryl methyl sites for hydroxylation is 1. The minimum atomic E-state index is -3.67. The highest BCUT2D eigenvalue weighted by molar-refractivity contribution is 7.91. The summed E-state index contributed by atoms with van der Waals surface area (Å²) in [7, 11) is -2.01. The maximum absolute atomic E-state index is 12.8. The number of pyridine rings is 1. The van der Waals surface area contributed by atoms with Crippen LogP contribution in [0.15, 0.2) is 87.4 Å². The number of rotatable bonds is 4. The van der Waals surface area contributed by atoms with Gasteiger partial charge in [0.2, 0.25) is 9.84 Å². The molecular weight excluding hydrogens is 422 g/mol. The Morgan fingerprint density at radius 2 is 1.47 bits per heavy atom. The molecule has 152 valence electrons. The molecular formula is C23H18ClNO4S. The second-order valence-corrected chi connectivity index (χ2v) is 9.37. The summed E-state index contributed by atoms with van der Waals surface area (Å²) in [6.07, 6.45) is 0.185. The average Bonchev–Trinajstić information content (AvgIpc) is 2.76. The molecule has 7 heteroatoms. The van der Waals surface area contributed by atoms with Gasteiger partial charge in [-0.3, -0.25) is 4.79 Å². The number of hydrogen-bond acceptors (Lipinski definition) is 4. The smallest absolute Gasteiger partial charge is 0.258 e. The quantitative estimate of drug-likeness (QED) is 0.513. The standard InChI is InChI=1S/C23H18ClNO4S/c1-25-21-5-3-2-4-19(21)22(26)20(23(25)27)14-15-6-10-17(11-7-15)30(28,29)18-12-8-16(24)9-13-18/h2-13,26H,14H2,1H3. The predicted molar refractivity (Wildman–Crippen MR) is 117 cm³/mol. The summed E-state index contributed by atoms with van der Waals surface area (Å²) < 4.78 is 27.1. The lowest BCUT2D eigenvalue weighted by Gasteiger charge is -2.12. The Kier molecular flexibility index (Phi) is 5.13. The van der Waals surface area contributed by atoms with Gasteiger partial charge in [-0.1, -0.05) is 35.9 Å². The van der Waals surface area contributed by atoms with Crippen LogP contribution in [0, 0.1) is 0 Å². The van der Waals surface area contributed by atoms with Crippen LogP contribution in [-0.2, 0) is 23.3 Å². The second-order valence-electron chi connectivity index (χ2n) is 6.99. The van der Waals surface area contributed by atoms with E-state index in [1.54, 1.807) is 43.4 Å². The topological polar surface area (TPSA) is 76.4 Å². The summed E-state index contributed by atoms with van der Waals surface area (Å²) >= 11 is 5.84. The number of hydrogen-bond donors (Lipinski definition) is 1. The summed E-state index contributed by atoms with van der Waals surface area (Å²) in [6, 6.07) is 19.4. The summed E-state index contributed by atoms with van der Waals surface area (Å²) in [5.74, 6) is -0.0495. The van der Waals surface area contributed by atoms with Gasteiger partial charge in [0, 0.05) is 23.9 Å². The van der Waals surface area contributed by atoms with Gasteiger partial charge in [0.25, 0.3) is 5.56 Å². The fourth-order valence-electron chi connectivity index (χ4n) is 3.44. The van der Waals surface area contributed by atoms with E-state index in [1.165, 1.54) is 41.0 Å². The number of fused-ring (bicyclic) bond motifs is 1. The van der Waals surface area contributed by atoms with Crippen LogP contribution in [0.25, 0.3) is 10.9 Å². The van der Waals surface area contributed by atoms with Crippen LogP contribution in [-0.4, -0.2) is 18.1 Å². The van der Waals surface area contributed by atoms with E-state index in [4.69, 9.17) is 11.6 Å². The predicted octanol–water partition coefficient (Wildman–Crippen LogP) is 4.32. The van der Waals surface area contributed by atoms with Gasteiger partial charge in [0.05, 0.1) is 20.9 Å². The van der Waals surface area contributed by atoms with E-state index in [9.17, 15) is 18.3 Å². The van der Waals surface area contributed by atoms with Crippen LogP contribution in [0.2, 0.25) is 5.02 Å². The van der Waals surface area contributed by atoms with E-state index in [0.29, 0.717) is 21.5 Å². The van der Waals surface area contributed by atoms with E-state index >= 15 is 0 Å². The largest absolute Gasteiger partial charge is 0.507 e.